The Labute approximate surface area is 183 Å². The van der Waals surface area contributed by atoms with Gasteiger partial charge in [-0.05, 0) is 75.6 Å². The van der Waals surface area contributed by atoms with Crippen molar-refractivity contribution in [1.29, 1.82) is 0 Å². The van der Waals surface area contributed by atoms with Crippen LogP contribution < -0.4 is 5.30 Å². The molecule has 0 radical (unpaired) electrons. The average Bonchev–Trinajstić information content (AvgIpc) is 2.34. The van der Waals surface area contributed by atoms with Gasteiger partial charge in [0.05, 0.1) is 15.6 Å². The zero-order valence-corrected chi connectivity index (χ0v) is 22.2. The molecule has 0 nitrogen and oxygen atoms in total. The molecule has 1 rings (SSSR count). The van der Waals surface area contributed by atoms with Crippen LogP contribution in [0.2, 0.25) is 0 Å². The summed E-state index contributed by atoms with van der Waals surface area (Å²) in [4.78, 5) is 0. The zero-order valence-electron chi connectivity index (χ0n) is 19.0. The number of rotatable bonds is 2. The molecule has 1 aromatic rings. The van der Waals surface area contributed by atoms with Crippen LogP contribution in [0.3, 0.4) is 0 Å². The summed E-state index contributed by atoms with van der Waals surface area (Å²) in [5, 5.41) is 1.66. The fourth-order valence-electron chi connectivity index (χ4n) is 3.81. The van der Waals surface area contributed by atoms with Crippen LogP contribution in [0.25, 0.3) is 0 Å². The van der Waals surface area contributed by atoms with E-state index in [2.05, 4.69) is 101 Å². The van der Waals surface area contributed by atoms with E-state index in [0.29, 0.717) is 0 Å². The van der Waals surface area contributed by atoms with Crippen molar-refractivity contribution in [3.8, 4) is 0 Å². The molecule has 0 fully saturated rings. The molecular formula is C23H40ClPPd. The van der Waals surface area contributed by atoms with Crippen LogP contribution in [0.4, 0.5) is 0 Å². The topological polar surface area (TPSA) is 0 Å². The van der Waals surface area contributed by atoms with Crippen molar-refractivity contribution < 1.29 is 20.4 Å². The smallest absolute Gasteiger partial charge is 0.0675 e. The standard InChI is InChI=1S/C23H40ClP.Pd/c1-20(2,3)17-13-18(21(4,5)6)15-19(14-17)25(16-24,22(7,8)9)23(10,11)12;/h13-16H,1-12H3;. The average molecular weight is 489 g/mol. The molecule has 3 heteroatoms. The molecule has 26 heavy (non-hydrogen) atoms. The largest absolute Gasteiger partial charge is 0.304 e. The summed E-state index contributed by atoms with van der Waals surface area (Å²) < 4.78 is 0. The first-order valence-corrected chi connectivity index (χ1v) is 11.7. The Kier molecular flexibility index (Phi) is 8.34. The molecule has 154 valence electrons. The fraction of sp³-hybridized carbons (Fsp3) is 0.696. The van der Waals surface area contributed by atoms with Gasteiger partial charge in [-0.2, -0.15) is 0 Å². The van der Waals surface area contributed by atoms with Crippen molar-refractivity contribution in [3.05, 3.63) is 34.9 Å². The monoisotopic (exact) mass is 488 g/mol. The summed E-state index contributed by atoms with van der Waals surface area (Å²) in [6, 6.07) is 7.29. The van der Waals surface area contributed by atoms with Gasteiger partial charge in [0.25, 0.3) is 0 Å². The molecule has 0 aliphatic carbocycles. The third kappa shape index (κ3) is 5.15. The number of benzene rings is 1. The fourth-order valence-corrected chi connectivity index (χ4v) is 10.9. The van der Waals surface area contributed by atoms with E-state index in [0.717, 1.165) is 0 Å². The van der Waals surface area contributed by atoms with Crippen molar-refractivity contribution in [3.63, 3.8) is 0 Å². The van der Waals surface area contributed by atoms with Crippen molar-refractivity contribution >= 4 is 24.2 Å². The van der Waals surface area contributed by atoms with Crippen LogP contribution in [0.5, 0.6) is 0 Å². The normalized spacial score (nSPS) is 14.2. The number of hydrogen-bond acceptors (Lipinski definition) is 0. The Morgan fingerprint density at radius 1 is 0.654 bits per heavy atom. The first-order chi connectivity index (χ1) is 10.9. The second-order valence-electron chi connectivity index (χ2n) is 11.4. The first kappa shape index (κ1) is 26.6. The maximum absolute atomic E-state index is 6.69. The maximum atomic E-state index is 6.69. The van der Waals surface area contributed by atoms with Crippen molar-refractivity contribution in [1.82, 2.24) is 0 Å². The molecule has 0 N–H and O–H groups in total. The molecule has 1 aromatic carbocycles. The predicted molar refractivity (Wildman–Crippen MR) is 120 cm³/mol. The van der Waals surface area contributed by atoms with Crippen LogP contribution in [-0.4, -0.2) is 10.3 Å². The number of halogens is 1. The second kappa shape index (κ2) is 8.15. The van der Waals surface area contributed by atoms with Crippen LogP contribution >= 0.6 is 18.9 Å². The molecule has 0 atom stereocenters. The van der Waals surface area contributed by atoms with Crippen LogP contribution in [0.15, 0.2) is 18.2 Å². The van der Waals surface area contributed by atoms with Gasteiger partial charge < -0.3 is 11.6 Å². The van der Waals surface area contributed by atoms with Gasteiger partial charge in [-0.25, -0.2) is 0 Å². The zero-order chi connectivity index (χ0) is 20.1. The van der Waals surface area contributed by atoms with Crippen LogP contribution in [0.1, 0.15) is 94.2 Å². The Balaban J connectivity index is 0.00000625. The molecule has 0 amide bonds. The van der Waals surface area contributed by atoms with E-state index in [1.54, 1.807) is 0 Å². The maximum Gasteiger partial charge on any atom is 0.0675 e. The van der Waals surface area contributed by atoms with Crippen LogP contribution in [0, 0.1) is 5.62 Å². The minimum atomic E-state index is -1.75. The summed E-state index contributed by atoms with van der Waals surface area (Å²) in [5.74, 6) is 0. The first-order valence-electron chi connectivity index (χ1n) is 9.38. The molecule has 0 aliphatic heterocycles. The summed E-state index contributed by atoms with van der Waals surface area (Å²) in [5.41, 5.74) is 5.10. The van der Waals surface area contributed by atoms with Crippen molar-refractivity contribution in [2.45, 2.75) is 104 Å². The molecule has 0 unspecified atom stereocenters. The van der Waals surface area contributed by atoms with Crippen molar-refractivity contribution in [2.24, 2.45) is 0 Å². The molecule has 0 heterocycles. The Hall–Kier alpha value is 0.602. The summed E-state index contributed by atoms with van der Waals surface area (Å²) in [6.07, 6.45) is 0. The van der Waals surface area contributed by atoms with Gasteiger partial charge in [-0.1, -0.05) is 60.5 Å². The van der Waals surface area contributed by atoms with E-state index >= 15 is 0 Å². The van der Waals surface area contributed by atoms with E-state index in [-0.39, 0.29) is 41.6 Å². The van der Waals surface area contributed by atoms with Gasteiger partial charge in [0.1, 0.15) is 0 Å². The summed E-state index contributed by atoms with van der Waals surface area (Å²) in [6.45, 7) is 27.9. The Bertz CT molecular complexity index is 561. The van der Waals surface area contributed by atoms with Gasteiger partial charge in [0, 0.05) is 20.4 Å². The summed E-state index contributed by atoms with van der Waals surface area (Å²) >= 11 is 6.69. The summed E-state index contributed by atoms with van der Waals surface area (Å²) in [7, 11) is -1.75. The minimum Gasteiger partial charge on any atom is -0.304 e. The van der Waals surface area contributed by atoms with E-state index < -0.39 is 7.26 Å². The SMILES string of the molecule is CC(C)(C)c1cc(C(C)(C)C)cc([P+]([CH-]Cl)(C(C)(C)C)C(C)(C)C)c1.[Pd]. The van der Waals surface area contributed by atoms with Crippen molar-refractivity contribution in [2.75, 3.05) is 0 Å². The molecule has 0 bridgehead atoms. The van der Waals surface area contributed by atoms with E-state index in [9.17, 15) is 0 Å². The molecule has 0 aliphatic rings. The minimum absolute atomic E-state index is 0. The second-order valence-corrected chi connectivity index (χ2v) is 16.9. The van der Waals surface area contributed by atoms with E-state index in [1.165, 1.54) is 16.4 Å². The van der Waals surface area contributed by atoms with Gasteiger partial charge in [-0.15, -0.1) is 0 Å². The quantitative estimate of drug-likeness (QED) is 0.225. The Morgan fingerprint density at radius 2 is 0.962 bits per heavy atom. The van der Waals surface area contributed by atoms with E-state index in [4.69, 9.17) is 11.6 Å². The van der Waals surface area contributed by atoms with Gasteiger partial charge in [0.2, 0.25) is 0 Å². The third-order valence-electron chi connectivity index (χ3n) is 5.32. The van der Waals surface area contributed by atoms with E-state index in [1.807, 2.05) is 5.62 Å². The molecule has 0 spiro atoms. The Morgan fingerprint density at radius 3 is 1.15 bits per heavy atom. The predicted octanol–water partition coefficient (Wildman–Crippen LogP) is 7.88. The molecular weight excluding hydrogens is 449 g/mol. The van der Waals surface area contributed by atoms with Gasteiger partial charge >= 0.3 is 0 Å². The number of hydrogen-bond donors (Lipinski definition) is 0. The molecule has 0 saturated carbocycles. The van der Waals surface area contributed by atoms with Gasteiger partial charge in [-0.3, -0.25) is 0 Å². The van der Waals surface area contributed by atoms with Gasteiger partial charge in [0.15, 0.2) is 0 Å². The molecule has 0 aromatic heterocycles. The van der Waals surface area contributed by atoms with Crippen LogP contribution in [-0.2, 0) is 31.3 Å². The third-order valence-corrected chi connectivity index (χ3v) is 11.8. The molecule has 0 saturated heterocycles.